The zero-order valence-corrected chi connectivity index (χ0v) is 10.5. The van der Waals surface area contributed by atoms with Crippen molar-refractivity contribution >= 4 is 12.0 Å². The molecule has 0 saturated heterocycles. The zero-order chi connectivity index (χ0) is 12.8. The maximum Gasteiger partial charge on any atom is 0.326 e. The Morgan fingerprint density at radius 1 is 1.35 bits per heavy atom. The average molecular weight is 242 g/mol. The van der Waals surface area contributed by atoms with Crippen molar-refractivity contribution in [1.29, 1.82) is 0 Å². The second-order valence-electron chi connectivity index (χ2n) is 5.17. The summed E-state index contributed by atoms with van der Waals surface area (Å²) in [5.41, 5.74) is 0. The van der Waals surface area contributed by atoms with Gasteiger partial charge < -0.3 is 15.7 Å². The van der Waals surface area contributed by atoms with Crippen LogP contribution in [0.5, 0.6) is 0 Å². The number of hydrogen-bond acceptors (Lipinski definition) is 2. The third-order valence-electron chi connectivity index (χ3n) is 3.09. The first kappa shape index (κ1) is 13.8. The van der Waals surface area contributed by atoms with E-state index < -0.39 is 12.0 Å². The minimum absolute atomic E-state index is 0.239. The largest absolute Gasteiger partial charge is 0.480 e. The molecular weight excluding hydrogens is 220 g/mol. The van der Waals surface area contributed by atoms with Gasteiger partial charge in [0.15, 0.2) is 0 Å². The van der Waals surface area contributed by atoms with Crippen molar-refractivity contribution in [2.45, 2.75) is 45.6 Å². The quantitative estimate of drug-likeness (QED) is 0.661. The SMILES string of the molecule is CC(C)C[C@@H](NC(=O)NCC1CCC1)C(=O)O. The number of rotatable bonds is 6. The zero-order valence-electron chi connectivity index (χ0n) is 10.5. The van der Waals surface area contributed by atoms with Gasteiger partial charge in [0.2, 0.25) is 0 Å². The number of aliphatic carboxylic acids is 1. The highest BCUT2D eigenvalue weighted by Crippen LogP contribution is 2.24. The molecule has 0 aromatic carbocycles. The standard InChI is InChI=1S/C12H22N2O3/c1-8(2)6-10(11(15)16)14-12(17)13-7-9-4-3-5-9/h8-10H,3-7H2,1-2H3,(H,15,16)(H2,13,14,17)/t10-/m1/s1. The number of urea groups is 1. The molecule has 1 aliphatic carbocycles. The van der Waals surface area contributed by atoms with E-state index in [1.807, 2.05) is 13.8 Å². The molecule has 0 bridgehead atoms. The Morgan fingerprint density at radius 2 is 2.00 bits per heavy atom. The fraction of sp³-hybridized carbons (Fsp3) is 0.833. The number of carboxylic acids is 1. The van der Waals surface area contributed by atoms with Crippen molar-refractivity contribution in [3.8, 4) is 0 Å². The van der Waals surface area contributed by atoms with Crippen LogP contribution in [0.2, 0.25) is 0 Å². The maximum absolute atomic E-state index is 11.5. The highest BCUT2D eigenvalue weighted by atomic mass is 16.4. The fourth-order valence-corrected chi connectivity index (χ4v) is 1.84. The second kappa shape index (κ2) is 6.47. The van der Waals surface area contributed by atoms with Crippen molar-refractivity contribution in [2.24, 2.45) is 11.8 Å². The van der Waals surface area contributed by atoms with Gasteiger partial charge in [0, 0.05) is 6.54 Å². The first-order valence-corrected chi connectivity index (χ1v) is 6.26. The molecule has 0 aliphatic heterocycles. The van der Waals surface area contributed by atoms with Gasteiger partial charge in [-0.2, -0.15) is 0 Å². The van der Waals surface area contributed by atoms with Gasteiger partial charge >= 0.3 is 12.0 Å². The van der Waals surface area contributed by atoms with E-state index in [4.69, 9.17) is 5.11 Å². The number of carboxylic acid groups (broad SMARTS) is 1. The van der Waals surface area contributed by atoms with E-state index in [0.717, 1.165) is 12.8 Å². The lowest BCUT2D eigenvalue weighted by Gasteiger charge is -2.26. The smallest absolute Gasteiger partial charge is 0.326 e. The molecule has 98 valence electrons. The van der Waals surface area contributed by atoms with Gasteiger partial charge in [0.05, 0.1) is 0 Å². The van der Waals surface area contributed by atoms with Gasteiger partial charge in [-0.05, 0) is 31.1 Å². The van der Waals surface area contributed by atoms with Crippen LogP contribution >= 0.6 is 0 Å². The van der Waals surface area contributed by atoms with Gasteiger partial charge in [-0.15, -0.1) is 0 Å². The Hall–Kier alpha value is -1.26. The summed E-state index contributed by atoms with van der Waals surface area (Å²) in [5.74, 6) is -0.158. The van der Waals surface area contributed by atoms with Crippen LogP contribution in [0.15, 0.2) is 0 Å². The molecule has 2 amide bonds. The number of hydrogen-bond donors (Lipinski definition) is 3. The molecule has 0 aromatic heterocycles. The number of amides is 2. The molecule has 17 heavy (non-hydrogen) atoms. The topological polar surface area (TPSA) is 78.4 Å². The Bertz CT molecular complexity index is 275. The minimum Gasteiger partial charge on any atom is -0.480 e. The Morgan fingerprint density at radius 3 is 2.41 bits per heavy atom. The van der Waals surface area contributed by atoms with Crippen LogP contribution in [-0.2, 0) is 4.79 Å². The number of nitrogens with one attached hydrogen (secondary N) is 2. The van der Waals surface area contributed by atoms with Crippen LogP contribution < -0.4 is 10.6 Å². The molecule has 1 saturated carbocycles. The second-order valence-corrected chi connectivity index (χ2v) is 5.17. The fourth-order valence-electron chi connectivity index (χ4n) is 1.84. The van der Waals surface area contributed by atoms with Crippen molar-refractivity contribution in [1.82, 2.24) is 10.6 Å². The van der Waals surface area contributed by atoms with Crippen molar-refractivity contribution in [3.63, 3.8) is 0 Å². The summed E-state index contributed by atoms with van der Waals surface area (Å²) >= 11 is 0. The van der Waals surface area contributed by atoms with Gasteiger partial charge in [-0.25, -0.2) is 9.59 Å². The summed E-state index contributed by atoms with van der Waals surface area (Å²) < 4.78 is 0. The van der Waals surface area contributed by atoms with Gasteiger partial charge in [0.1, 0.15) is 6.04 Å². The lowest BCUT2D eigenvalue weighted by atomic mass is 9.85. The Kier molecular flexibility index (Phi) is 5.25. The Balaban J connectivity index is 2.27. The normalized spacial score (nSPS) is 17.4. The van der Waals surface area contributed by atoms with E-state index in [2.05, 4.69) is 10.6 Å². The summed E-state index contributed by atoms with van der Waals surface area (Å²) in [6.45, 7) is 4.52. The highest BCUT2D eigenvalue weighted by molar-refractivity contribution is 5.82. The van der Waals surface area contributed by atoms with E-state index in [1.54, 1.807) is 0 Å². The monoisotopic (exact) mass is 242 g/mol. The van der Waals surface area contributed by atoms with Crippen LogP contribution in [0.25, 0.3) is 0 Å². The molecule has 1 aliphatic rings. The van der Waals surface area contributed by atoms with Crippen LogP contribution in [0.3, 0.4) is 0 Å². The molecule has 0 radical (unpaired) electrons. The van der Waals surface area contributed by atoms with E-state index in [0.29, 0.717) is 18.9 Å². The molecule has 0 spiro atoms. The molecular formula is C12H22N2O3. The summed E-state index contributed by atoms with van der Waals surface area (Å²) in [6.07, 6.45) is 4.01. The first-order valence-electron chi connectivity index (χ1n) is 6.26. The van der Waals surface area contributed by atoms with Crippen LogP contribution in [0.1, 0.15) is 39.5 Å². The Labute approximate surface area is 102 Å². The molecule has 5 nitrogen and oxygen atoms in total. The predicted octanol–water partition coefficient (Wildman–Crippen LogP) is 1.59. The average Bonchev–Trinajstić information content (AvgIpc) is 2.13. The summed E-state index contributed by atoms with van der Waals surface area (Å²) in [6, 6.07) is -1.17. The van der Waals surface area contributed by atoms with E-state index in [-0.39, 0.29) is 11.9 Å². The summed E-state index contributed by atoms with van der Waals surface area (Å²) in [5, 5.41) is 14.2. The van der Waals surface area contributed by atoms with E-state index in [1.165, 1.54) is 6.42 Å². The number of carbonyl (C=O) groups is 2. The summed E-state index contributed by atoms with van der Waals surface area (Å²) in [7, 11) is 0. The molecule has 1 atom stereocenters. The maximum atomic E-state index is 11.5. The van der Waals surface area contributed by atoms with Crippen LogP contribution in [0, 0.1) is 11.8 Å². The van der Waals surface area contributed by atoms with Gasteiger partial charge in [-0.3, -0.25) is 0 Å². The molecule has 0 unspecified atom stereocenters. The third kappa shape index (κ3) is 5.06. The minimum atomic E-state index is -0.975. The molecule has 1 fully saturated rings. The van der Waals surface area contributed by atoms with E-state index in [9.17, 15) is 9.59 Å². The van der Waals surface area contributed by atoms with Crippen LogP contribution in [0.4, 0.5) is 4.79 Å². The highest BCUT2D eigenvalue weighted by Gasteiger charge is 2.22. The van der Waals surface area contributed by atoms with Crippen molar-refractivity contribution < 1.29 is 14.7 Å². The lowest BCUT2D eigenvalue weighted by molar-refractivity contribution is -0.139. The van der Waals surface area contributed by atoms with Crippen molar-refractivity contribution in [2.75, 3.05) is 6.54 Å². The molecule has 5 heteroatoms. The molecule has 3 N–H and O–H groups in total. The van der Waals surface area contributed by atoms with Crippen LogP contribution in [-0.4, -0.2) is 29.7 Å². The molecule has 0 heterocycles. The van der Waals surface area contributed by atoms with Gasteiger partial charge in [0.25, 0.3) is 0 Å². The summed E-state index contributed by atoms with van der Waals surface area (Å²) in [4.78, 5) is 22.4. The molecule has 0 aromatic rings. The molecule has 1 rings (SSSR count). The third-order valence-corrected chi connectivity index (χ3v) is 3.09. The van der Waals surface area contributed by atoms with Crippen molar-refractivity contribution in [3.05, 3.63) is 0 Å². The van der Waals surface area contributed by atoms with E-state index >= 15 is 0 Å². The predicted molar refractivity (Wildman–Crippen MR) is 64.8 cm³/mol. The lowest BCUT2D eigenvalue weighted by Crippen LogP contribution is -2.48. The first-order chi connectivity index (χ1) is 7.99. The van der Waals surface area contributed by atoms with Gasteiger partial charge in [-0.1, -0.05) is 20.3 Å². The number of carbonyl (C=O) groups excluding carboxylic acids is 1.